The lowest BCUT2D eigenvalue weighted by atomic mass is 10.3. The molecule has 0 spiro atoms. The van der Waals surface area contributed by atoms with Crippen molar-refractivity contribution in [1.82, 2.24) is 9.97 Å². The molecule has 108 valence electrons. The highest BCUT2D eigenvalue weighted by Gasteiger charge is 2.22. The summed E-state index contributed by atoms with van der Waals surface area (Å²) in [5.74, 6) is 7.21. The summed E-state index contributed by atoms with van der Waals surface area (Å²) in [6.07, 6.45) is -0.441. The van der Waals surface area contributed by atoms with E-state index in [-0.39, 0.29) is 0 Å². The van der Waals surface area contributed by atoms with Gasteiger partial charge < -0.3 is 19.8 Å². The topological polar surface area (TPSA) is 109 Å². The van der Waals surface area contributed by atoms with Crippen LogP contribution in [0.4, 0.5) is 11.6 Å². The number of aromatic nitrogens is 2. The second-order valence-electron chi connectivity index (χ2n) is 4.24. The van der Waals surface area contributed by atoms with Crippen LogP contribution < -0.4 is 16.2 Å². The van der Waals surface area contributed by atoms with Gasteiger partial charge in [0.25, 0.3) is 0 Å². The molecule has 0 aliphatic carbocycles. The van der Waals surface area contributed by atoms with Crippen molar-refractivity contribution in [2.45, 2.75) is 19.6 Å². The van der Waals surface area contributed by atoms with Gasteiger partial charge in [-0.3, -0.25) is 0 Å². The van der Waals surface area contributed by atoms with Gasteiger partial charge in [0.1, 0.15) is 18.2 Å². The molecule has 1 atom stereocenters. The second kappa shape index (κ2) is 7.00. The standard InChI is InChI=1S/C12H18N6O2/c1-2-19-8-11-15-10(17-14)5-12(16-11)18-3-4-20-9(6-13)7-18/h5,9H,2-4,7-8,14H2,1H3,(H,15,16,17). The normalized spacial score (nSPS) is 18.6. The van der Waals surface area contributed by atoms with Crippen LogP contribution in [0.25, 0.3) is 0 Å². The zero-order valence-corrected chi connectivity index (χ0v) is 11.4. The number of nitrogens with one attached hydrogen (secondary N) is 1. The molecule has 8 heteroatoms. The molecule has 0 aromatic carbocycles. The Kier molecular flexibility index (Phi) is 5.06. The Hall–Kier alpha value is -1.95. The molecule has 1 saturated heterocycles. The minimum absolute atomic E-state index is 0.324. The van der Waals surface area contributed by atoms with Crippen molar-refractivity contribution in [3.63, 3.8) is 0 Å². The number of nitrogen functional groups attached to an aromatic ring is 1. The van der Waals surface area contributed by atoms with Crippen molar-refractivity contribution in [2.75, 3.05) is 36.6 Å². The number of hydrogen-bond donors (Lipinski definition) is 2. The highest BCUT2D eigenvalue weighted by molar-refractivity contribution is 5.49. The van der Waals surface area contributed by atoms with Gasteiger partial charge in [-0.1, -0.05) is 0 Å². The first-order chi connectivity index (χ1) is 9.76. The Balaban J connectivity index is 2.19. The first-order valence-electron chi connectivity index (χ1n) is 6.45. The van der Waals surface area contributed by atoms with Crippen LogP contribution in [0.1, 0.15) is 12.7 Å². The Morgan fingerprint density at radius 1 is 1.65 bits per heavy atom. The Labute approximate surface area is 117 Å². The van der Waals surface area contributed by atoms with E-state index in [1.54, 1.807) is 6.07 Å². The number of rotatable bonds is 5. The summed E-state index contributed by atoms with van der Waals surface area (Å²) in [6, 6.07) is 3.85. The summed E-state index contributed by atoms with van der Waals surface area (Å²) in [7, 11) is 0. The molecule has 0 radical (unpaired) electrons. The van der Waals surface area contributed by atoms with Gasteiger partial charge in [0.05, 0.1) is 19.2 Å². The van der Waals surface area contributed by atoms with Gasteiger partial charge in [-0.15, -0.1) is 0 Å². The molecule has 20 heavy (non-hydrogen) atoms. The first kappa shape index (κ1) is 14.5. The molecular weight excluding hydrogens is 260 g/mol. The molecule has 1 aromatic rings. The van der Waals surface area contributed by atoms with E-state index in [1.807, 2.05) is 11.8 Å². The predicted molar refractivity (Wildman–Crippen MR) is 72.7 cm³/mol. The average molecular weight is 278 g/mol. The molecule has 8 nitrogen and oxygen atoms in total. The van der Waals surface area contributed by atoms with E-state index in [9.17, 15) is 0 Å². The van der Waals surface area contributed by atoms with E-state index in [4.69, 9.17) is 20.6 Å². The highest BCUT2D eigenvalue weighted by atomic mass is 16.5. The van der Waals surface area contributed by atoms with Gasteiger partial charge in [-0.2, -0.15) is 5.26 Å². The van der Waals surface area contributed by atoms with E-state index in [1.165, 1.54) is 0 Å². The quantitative estimate of drug-likeness (QED) is 0.573. The second-order valence-corrected chi connectivity index (χ2v) is 4.24. The summed E-state index contributed by atoms with van der Waals surface area (Å²) in [5, 5.41) is 8.94. The molecule has 0 bridgehead atoms. The van der Waals surface area contributed by atoms with E-state index in [0.29, 0.717) is 50.4 Å². The van der Waals surface area contributed by atoms with Crippen molar-refractivity contribution in [2.24, 2.45) is 5.84 Å². The lowest BCUT2D eigenvalue weighted by Crippen LogP contribution is -2.42. The largest absolute Gasteiger partial charge is 0.374 e. The smallest absolute Gasteiger partial charge is 0.161 e. The summed E-state index contributed by atoms with van der Waals surface area (Å²) in [4.78, 5) is 10.7. The third-order valence-electron chi connectivity index (χ3n) is 2.88. The number of nitrogens with zero attached hydrogens (tertiary/aromatic N) is 4. The van der Waals surface area contributed by atoms with E-state index < -0.39 is 6.10 Å². The summed E-state index contributed by atoms with van der Waals surface area (Å²) >= 11 is 0. The van der Waals surface area contributed by atoms with Crippen LogP contribution in [-0.4, -0.2) is 42.4 Å². The molecule has 1 aromatic heterocycles. The molecule has 2 heterocycles. The lowest BCUT2D eigenvalue weighted by Gasteiger charge is -2.30. The summed E-state index contributed by atoms with van der Waals surface area (Å²) in [5.41, 5.74) is 2.52. The van der Waals surface area contributed by atoms with Gasteiger partial charge >= 0.3 is 0 Å². The maximum atomic E-state index is 8.94. The number of hydrazine groups is 1. The van der Waals surface area contributed by atoms with E-state index in [2.05, 4.69) is 21.5 Å². The van der Waals surface area contributed by atoms with E-state index in [0.717, 1.165) is 0 Å². The molecule has 3 N–H and O–H groups in total. The number of anilines is 2. The maximum absolute atomic E-state index is 8.94. The fourth-order valence-corrected chi connectivity index (χ4v) is 1.91. The number of morpholine rings is 1. The molecular formula is C12H18N6O2. The van der Waals surface area contributed by atoms with Crippen LogP contribution in [0.2, 0.25) is 0 Å². The van der Waals surface area contributed by atoms with Crippen LogP contribution in [0.5, 0.6) is 0 Å². The molecule has 2 rings (SSSR count). The van der Waals surface area contributed by atoms with Gasteiger partial charge in [0.2, 0.25) is 0 Å². The van der Waals surface area contributed by atoms with Crippen molar-refractivity contribution in [1.29, 1.82) is 5.26 Å². The monoisotopic (exact) mass is 278 g/mol. The van der Waals surface area contributed by atoms with Crippen LogP contribution in [0.15, 0.2) is 6.07 Å². The Morgan fingerprint density at radius 3 is 3.20 bits per heavy atom. The molecule has 0 amide bonds. The summed E-state index contributed by atoms with van der Waals surface area (Å²) < 4.78 is 10.6. The first-order valence-corrected chi connectivity index (χ1v) is 6.45. The number of nitrogens with two attached hydrogens (primary N) is 1. The fraction of sp³-hybridized carbons (Fsp3) is 0.583. The van der Waals surface area contributed by atoms with Gasteiger partial charge in [0, 0.05) is 19.2 Å². The third-order valence-corrected chi connectivity index (χ3v) is 2.88. The fourth-order valence-electron chi connectivity index (χ4n) is 1.91. The Bertz CT molecular complexity index is 489. The van der Waals surface area contributed by atoms with Gasteiger partial charge in [-0.05, 0) is 6.92 Å². The molecule has 1 fully saturated rings. The zero-order valence-electron chi connectivity index (χ0n) is 11.4. The van der Waals surface area contributed by atoms with Crippen molar-refractivity contribution in [3.8, 4) is 6.07 Å². The third kappa shape index (κ3) is 3.54. The molecule has 1 unspecified atom stereocenters. The van der Waals surface area contributed by atoms with Crippen molar-refractivity contribution >= 4 is 11.6 Å². The van der Waals surface area contributed by atoms with Crippen LogP contribution in [0, 0.1) is 11.3 Å². The minimum Gasteiger partial charge on any atom is -0.374 e. The zero-order chi connectivity index (χ0) is 14.4. The molecule has 0 saturated carbocycles. The van der Waals surface area contributed by atoms with Crippen LogP contribution in [-0.2, 0) is 16.1 Å². The minimum atomic E-state index is -0.441. The van der Waals surface area contributed by atoms with Gasteiger partial charge in [-0.25, -0.2) is 15.8 Å². The average Bonchev–Trinajstić information content (AvgIpc) is 2.52. The number of nitriles is 1. The highest BCUT2D eigenvalue weighted by Crippen LogP contribution is 2.18. The number of ether oxygens (including phenoxy) is 2. The molecule has 1 aliphatic heterocycles. The van der Waals surface area contributed by atoms with E-state index >= 15 is 0 Å². The van der Waals surface area contributed by atoms with Crippen LogP contribution >= 0.6 is 0 Å². The maximum Gasteiger partial charge on any atom is 0.161 e. The van der Waals surface area contributed by atoms with Crippen LogP contribution in [0.3, 0.4) is 0 Å². The predicted octanol–water partition coefficient (Wildman–Crippen LogP) is 0.0275. The summed E-state index contributed by atoms with van der Waals surface area (Å²) in [6.45, 7) is 4.47. The lowest BCUT2D eigenvalue weighted by molar-refractivity contribution is 0.0760. The van der Waals surface area contributed by atoms with Crippen molar-refractivity contribution in [3.05, 3.63) is 11.9 Å². The Morgan fingerprint density at radius 2 is 2.50 bits per heavy atom. The van der Waals surface area contributed by atoms with Gasteiger partial charge in [0.15, 0.2) is 11.9 Å². The molecule has 1 aliphatic rings. The van der Waals surface area contributed by atoms with Crippen molar-refractivity contribution < 1.29 is 9.47 Å². The SMILES string of the molecule is CCOCc1nc(NN)cc(N2CCOC(C#N)C2)n1. The number of hydrogen-bond acceptors (Lipinski definition) is 8.